The summed E-state index contributed by atoms with van der Waals surface area (Å²) in [5.41, 5.74) is 9.25. The molecule has 1 aliphatic heterocycles. The van der Waals surface area contributed by atoms with Crippen LogP contribution in [-0.4, -0.2) is 33.4 Å². The fourth-order valence-corrected chi connectivity index (χ4v) is 3.29. The summed E-state index contributed by atoms with van der Waals surface area (Å²) in [4.78, 5) is 9.37. The number of nitrogens with zero attached hydrogens (tertiary/aromatic N) is 3. The Hall–Kier alpha value is -2.93. The largest absolute Gasteiger partial charge is 0.383 e. The highest BCUT2D eigenvalue weighted by molar-refractivity contribution is 5.68. The quantitative estimate of drug-likeness (QED) is 0.666. The van der Waals surface area contributed by atoms with E-state index in [0.717, 1.165) is 48.7 Å². The van der Waals surface area contributed by atoms with Gasteiger partial charge in [0.2, 0.25) is 0 Å². The van der Waals surface area contributed by atoms with Crippen molar-refractivity contribution in [1.29, 1.82) is 0 Å². The Morgan fingerprint density at radius 3 is 2.62 bits per heavy atom. The average molecular weight is 350 g/mol. The molecule has 0 atom stereocenters. The molecule has 0 spiro atoms. The van der Waals surface area contributed by atoms with Crippen molar-refractivity contribution in [3.63, 3.8) is 0 Å². The van der Waals surface area contributed by atoms with Crippen LogP contribution in [0.3, 0.4) is 0 Å². The second-order valence-corrected chi connectivity index (χ2v) is 6.51. The molecule has 1 fully saturated rings. The van der Waals surface area contributed by atoms with Gasteiger partial charge >= 0.3 is 0 Å². The van der Waals surface area contributed by atoms with Crippen molar-refractivity contribution >= 4 is 17.5 Å². The number of nitrogens with one attached hydrogen (secondary N) is 2. The molecule has 4 rings (SSSR count). The number of aromatic amines is 1. The zero-order valence-electron chi connectivity index (χ0n) is 14.7. The van der Waals surface area contributed by atoms with Gasteiger partial charge in [0.25, 0.3) is 0 Å². The maximum absolute atomic E-state index is 6.39. The molecule has 1 saturated heterocycles. The lowest BCUT2D eigenvalue weighted by atomic mass is 9.92. The van der Waals surface area contributed by atoms with E-state index in [1.807, 2.05) is 43.3 Å². The number of H-pyrrole nitrogens is 1. The van der Waals surface area contributed by atoms with Crippen LogP contribution < -0.4 is 11.1 Å². The van der Waals surface area contributed by atoms with E-state index in [1.165, 1.54) is 0 Å². The number of aryl methyl sites for hydroxylation is 1. The smallest absolute Gasteiger partial charge is 0.163 e. The summed E-state index contributed by atoms with van der Waals surface area (Å²) in [5, 5.41) is 10.5. The number of hydrogen-bond donors (Lipinski definition) is 3. The molecule has 0 unspecified atom stereocenters. The average Bonchev–Trinajstić information content (AvgIpc) is 3.07. The summed E-state index contributed by atoms with van der Waals surface area (Å²) < 4.78 is 5.50. The lowest BCUT2D eigenvalue weighted by molar-refractivity contribution is 0.0855. The highest BCUT2D eigenvalue weighted by Gasteiger charge is 2.25. The first-order valence-electron chi connectivity index (χ1n) is 8.80. The minimum absolute atomic E-state index is 0.274. The Labute approximate surface area is 152 Å². The predicted octanol–water partition coefficient (Wildman–Crippen LogP) is 3.39. The van der Waals surface area contributed by atoms with E-state index >= 15 is 0 Å². The second-order valence-electron chi connectivity index (χ2n) is 6.51. The highest BCUT2D eigenvalue weighted by Crippen LogP contribution is 2.37. The van der Waals surface area contributed by atoms with Crippen molar-refractivity contribution in [2.24, 2.45) is 0 Å². The molecule has 1 aliphatic rings. The van der Waals surface area contributed by atoms with Gasteiger partial charge in [-0.05, 0) is 25.7 Å². The topological polar surface area (TPSA) is 102 Å². The summed E-state index contributed by atoms with van der Waals surface area (Å²) in [7, 11) is 0. The molecule has 0 saturated carbocycles. The van der Waals surface area contributed by atoms with E-state index in [9.17, 15) is 0 Å². The maximum atomic E-state index is 6.39. The highest BCUT2D eigenvalue weighted by atomic mass is 16.5. The summed E-state index contributed by atoms with van der Waals surface area (Å²) in [6, 6.07) is 11.8. The first kappa shape index (κ1) is 16.5. The number of aromatic nitrogens is 4. The van der Waals surface area contributed by atoms with Crippen LogP contribution in [0.2, 0.25) is 0 Å². The first-order valence-corrected chi connectivity index (χ1v) is 8.80. The second kappa shape index (κ2) is 7.13. The maximum Gasteiger partial charge on any atom is 0.163 e. The van der Waals surface area contributed by atoms with Crippen LogP contribution in [0.5, 0.6) is 0 Å². The zero-order valence-corrected chi connectivity index (χ0v) is 14.7. The van der Waals surface area contributed by atoms with Gasteiger partial charge in [-0.3, -0.25) is 5.10 Å². The third kappa shape index (κ3) is 3.39. The van der Waals surface area contributed by atoms with Crippen LogP contribution >= 0.6 is 0 Å². The lowest BCUT2D eigenvalue weighted by Crippen LogP contribution is -2.18. The molecule has 3 heterocycles. The molecule has 3 aromatic rings. The van der Waals surface area contributed by atoms with Crippen LogP contribution in [0, 0.1) is 6.92 Å². The summed E-state index contributed by atoms with van der Waals surface area (Å²) in [6.45, 7) is 3.41. The molecule has 2 aromatic heterocycles. The number of rotatable bonds is 4. The molecule has 26 heavy (non-hydrogen) atoms. The number of ether oxygens (including phenoxy) is 1. The van der Waals surface area contributed by atoms with Crippen LogP contribution in [0.1, 0.15) is 30.0 Å². The normalized spacial score (nSPS) is 15.1. The first-order chi connectivity index (χ1) is 12.7. The minimum Gasteiger partial charge on any atom is -0.383 e. The van der Waals surface area contributed by atoms with Crippen molar-refractivity contribution in [2.45, 2.75) is 25.7 Å². The number of nitrogen functional groups attached to an aromatic ring is 1. The predicted molar refractivity (Wildman–Crippen MR) is 101 cm³/mol. The van der Waals surface area contributed by atoms with E-state index in [0.29, 0.717) is 17.5 Å². The fraction of sp³-hybridized carbons (Fsp3) is 0.316. The van der Waals surface area contributed by atoms with E-state index in [4.69, 9.17) is 15.5 Å². The van der Waals surface area contributed by atoms with E-state index in [2.05, 4.69) is 20.5 Å². The van der Waals surface area contributed by atoms with Gasteiger partial charge in [-0.15, -0.1) is 0 Å². The Balaban J connectivity index is 1.78. The molecular formula is C19H22N6O. The SMILES string of the molecule is Cc1cc(Nc2nc(-c3ccccc3)nc(N)c2C2CCOCC2)n[nH]1. The molecule has 7 nitrogen and oxygen atoms in total. The van der Waals surface area contributed by atoms with Gasteiger partial charge in [0, 0.05) is 36.1 Å². The summed E-state index contributed by atoms with van der Waals surface area (Å²) >= 11 is 0. The molecule has 134 valence electrons. The zero-order chi connectivity index (χ0) is 17.9. The number of anilines is 3. The Morgan fingerprint density at radius 2 is 1.92 bits per heavy atom. The molecule has 0 amide bonds. The van der Waals surface area contributed by atoms with Gasteiger partial charge in [0.15, 0.2) is 11.6 Å². The van der Waals surface area contributed by atoms with Crippen LogP contribution in [-0.2, 0) is 4.74 Å². The number of hydrogen-bond acceptors (Lipinski definition) is 6. The Bertz CT molecular complexity index is 886. The molecule has 0 aliphatic carbocycles. The van der Waals surface area contributed by atoms with E-state index in [1.54, 1.807) is 0 Å². The van der Waals surface area contributed by atoms with Crippen LogP contribution in [0.4, 0.5) is 17.5 Å². The van der Waals surface area contributed by atoms with Crippen molar-refractivity contribution < 1.29 is 4.74 Å². The molecule has 4 N–H and O–H groups in total. The van der Waals surface area contributed by atoms with Crippen LogP contribution in [0.25, 0.3) is 11.4 Å². The minimum atomic E-state index is 0.274. The van der Waals surface area contributed by atoms with Crippen LogP contribution in [0.15, 0.2) is 36.4 Å². The molecular weight excluding hydrogens is 328 g/mol. The monoisotopic (exact) mass is 350 g/mol. The van der Waals surface area contributed by atoms with Gasteiger partial charge in [-0.25, -0.2) is 9.97 Å². The third-order valence-corrected chi connectivity index (χ3v) is 4.59. The van der Waals surface area contributed by atoms with Gasteiger partial charge in [-0.2, -0.15) is 5.10 Å². The van der Waals surface area contributed by atoms with Gasteiger partial charge in [0.1, 0.15) is 11.6 Å². The summed E-state index contributed by atoms with van der Waals surface area (Å²) in [5.74, 6) is 2.83. The van der Waals surface area contributed by atoms with Crippen molar-refractivity contribution in [3.8, 4) is 11.4 Å². The molecule has 0 radical (unpaired) electrons. The molecule has 7 heteroatoms. The fourth-order valence-electron chi connectivity index (χ4n) is 3.29. The van der Waals surface area contributed by atoms with E-state index < -0.39 is 0 Å². The standard InChI is InChI=1S/C19H22N6O/c1-12-11-15(25-24-12)21-19-16(13-7-9-26-10-8-13)17(20)22-18(23-19)14-5-3-2-4-6-14/h2-6,11,13H,7-10H2,1H3,(H4,20,21,22,23,24,25). The number of benzene rings is 1. The Kier molecular flexibility index (Phi) is 4.53. The Morgan fingerprint density at radius 1 is 1.15 bits per heavy atom. The van der Waals surface area contributed by atoms with E-state index in [-0.39, 0.29) is 5.92 Å². The summed E-state index contributed by atoms with van der Waals surface area (Å²) in [6.07, 6.45) is 1.82. The third-order valence-electron chi connectivity index (χ3n) is 4.59. The van der Waals surface area contributed by atoms with Gasteiger partial charge < -0.3 is 15.8 Å². The molecule has 0 bridgehead atoms. The lowest BCUT2D eigenvalue weighted by Gasteiger charge is -2.25. The van der Waals surface area contributed by atoms with Crippen molar-refractivity contribution in [3.05, 3.63) is 47.7 Å². The van der Waals surface area contributed by atoms with Gasteiger partial charge in [0.05, 0.1) is 0 Å². The van der Waals surface area contributed by atoms with Crippen molar-refractivity contribution in [2.75, 3.05) is 24.3 Å². The number of nitrogens with two attached hydrogens (primary N) is 1. The molecule has 1 aromatic carbocycles. The van der Waals surface area contributed by atoms with Crippen molar-refractivity contribution in [1.82, 2.24) is 20.2 Å². The van der Waals surface area contributed by atoms with Gasteiger partial charge in [-0.1, -0.05) is 30.3 Å².